The summed E-state index contributed by atoms with van der Waals surface area (Å²) in [4.78, 5) is 4.77. The van der Waals surface area contributed by atoms with Crippen molar-refractivity contribution in [3.63, 3.8) is 0 Å². The Labute approximate surface area is 202 Å². The molecule has 2 aliphatic rings. The Kier molecular flexibility index (Phi) is 6.12. The van der Waals surface area contributed by atoms with Gasteiger partial charge in [0, 0.05) is 46.9 Å². The molecule has 1 atom stereocenters. The number of benzene rings is 2. The fourth-order valence-corrected chi connectivity index (χ4v) is 4.67. The van der Waals surface area contributed by atoms with E-state index < -0.39 is 11.6 Å². The Morgan fingerprint density at radius 3 is 2.62 bits per heavy atom. The van der Waals surface area contributed by atoms with Gasteiger partial charge in [-0.3, -0.25) is 10.4 Å². The third kappa shape index (κ3) is 4.70. The maximum absolute atomic E-state index is 14.1. The summed E-state index contributed by atoms with van der Waals surface area (Å²) in [5.74, 6) is -0.750. The summed E-state index contributed by atoms with van der Waals surface area (Å²) in [5, 5.41) is 14.5. The van der Waals surface area contributed by atoms with Crippen LogP contribution in [0.2, 0.25) is 5.02 Å². The van der Waals surface area contributed by atoms with Gasteiger partial charge in [0.05, 0.1) is 6.20 Å². The van der Waals surface area contributed by atoms with E-state index in [1.807, 2.05) is 13.2 Å². The zero-order valence-electron chi connectivity index (χ0n) is 18.9. The number of nitrogens with zero attached hydrogens (tertiary/aromatic N) is 3. The van der Waals surface area contributed by atoms with Crippen molar-refractivity contribution in [2.45, 2.75) is 24.5 Å². The quantitative estimate of drug-likeness (QED) is 0.455. The van der Waals surface area contributed by atoms with Crippen LogP contribution in [0.5, 0.6) is 0 Å². The van der Waals surface area contributed by atoms with Crippen molar-refractivity contribution in [3.8, 4) is 0 Å². The van der Waals surface area contributed by atoms with Crippen molar-refractivity contribution >= 4 is 28.7 Å². The lowest BCUT2D eigenvalue weighted by atomic mass is 9.90. The Morgan fingerprint density at radius 2 is 1.94 bits per heavy atom. The Balaban J connectivity index is 1.47. The Morgan fingerprint density at radius 1 is 1.18 bits per heavy atom. The fraction of sp³-hybridized carbons (Fsp3) is 0.280. The van der Waals surface area contributed by atoms with Gasteiger partial charge in [0.1, 0.15) is 11.7 Å². The number of hydrogen-bond donors (Lipinski definition) is 4. The van der Waals surface area contributed by atoms with E-state index >= 15 is 0 Å². The van der Waals surface area contributed by atoms with E-state index in [9.17, 15) is 4.39 Å². The highest BCUT2D eigenvalue weighted by atomic mass is 35.5. The molecule has 0 radical (unpaired) electrons. The number of aromatic nitrogens is 2. The van der Waals surface area contributed by atoms with Crippen LogP contribution in [0.1, 0.15) is 35.4 Å². The summed E-state index contributed by atoms with van der Waals surface area (Å²) in [6.07, 6.45) is 7.71. The van der Waals surface area contributed by atoms with Gasteiger partial charge in [-0.15, -0.1) is 0 Å². The van der Waals surface area contributed by atoms with Crippen LogP contribution in [0.25, 0.3) is 5.57 Å². The lowest BCUT2D eigenvalue weighted by molar-refractivity contribution is 0.409. The normalized spacial score (nSPS) is 20.9. The molecule has 1 unspecified atom stereocenters. The first kappa shape index (κ1) is 22.6. The summed E-state index contributed by atoms with van der Waals surface area (Å²) in [7, 11) is 1.85. The molecule has 0 bridgehead atoms. The highest BCUT2D eigenvalue weighted by molar-refractivity contribution is 6.30. The van der Waals surface area contributed by atoms with Gasteiger partial charge in [0.2, 0.25) is 5.79 Å². The van der Waals surface area contributed by atoms with Gasteiger partial charge in [-0.05, 0) is 67.7 Å². The Hall–Kier alpha value is -3.20. The second kappa shape index (κ2) is 9.21. The molecule has 1 aromatic heterocycles. The van der Waals surface area contributed by atoms with Crippen LogP contribution >= 0.6 is 11.6 Å². The van der Waals surface area contributed by atoms with Gasteiger partial charge in [0.15, 0.2) is 0 Å². The summed E-state index contributed by atoms with van der Waals surface area (Å²) < 4.78 is 15.8. The first-order chi connectivity index (χ1) is 16.4. The van der Waals surface area contributed by atoms with Gasteiger partial charge in [-0.2, -0.15) is 5.10 Å². The molecule has 7 nitrogen and oxygen atoms in total. The van der Waals surface area contributed by atoms with Gasteiger partial charge in [-0.1, -0.05) is 23.7 Å². The molecule has 2 aliphatic heterocycles. The number of nitrogens with two attached hydrogens (primary N) is 1. The minimum absolute atomic E-state index is 0.252. The average Bonchev–Trinajstić information content (AvgIpc) is 3.25. The standard InChI is InChI=1S/C25H27ClFN7/c1-34-15-18(13-31-34)23-14-30-25(28,19-10-20(26)12-21(27)11-19)33-24(23)32-22-4-2-16(3-5-22)17-6-8-29-9-7-17/h2-5,10-15,17,29-30H,6-9,28H2,1H3,(H,32,33). The first-order valence-electron chi connectivity index (χ1n) is 11.3. The van der Waals surface area contributed by atoms with Crippen LogP contribution in [0.15, 0.2) is 66.1 Å². The van der Waals surface area contributed by atoms with E-state index in [0.717, 1.165) is 42.8 Å². The number of nitrogens with one attached hydrogen (secondary N) is 3. The molecule has 9 heteroatoms. The molecule has 0 saturated carbocycles. The summed E-state index contributed by atoms with van der Waals surface area (Å²) >= 11 is 6.09. The van der Waals surface area contributed by atoms with Crippen molar-refractivity contribution in [1.29, 1.82) is 0 Å². The van der Waals surface area contributed by atoms with E-state index in [4.69, 9.17) is 22.3 Å². The molecule has 1 fully saturated rings. The minimum Gasteiger partial charge on any atom is -0.351 e. The summed E-state index contributed by atoms with van der Waals surface area (Å²) in [5.41, 5.74) is 10.9. The van der Waals surface area contributed by atoms with Crippen molar-refractivity contribution in [1.82, 2.24) is 20.4 Å². The molecule has 176 valence electrons. The van der Waals surface area contributed by atoms with Crippen LogP contribution in [0, 0.1) is 5.82 Å². The number of amidine groups is 1. The lowest BCUT2D eigenvalue weighted by Gasteiger charge is -2.32. The molecule has 0 aliphatic carbocycles. The zero-order valence-corrected chi connectivity index (χ0v) is 19.6. The van der Waals surface area contributed by atoms with Gasteiger partial charge >= 0.3 is 0 Å². The van der Waals surface area contributed by atoms with Crippen molar-refractivity contribution in [2.75, 3.05) is 18.4 Å². The number of halogens is 2. The summed E-state index contributed by atoms with van der Waals surface area (Å²) in [6.45, 7) is 2.10. The number of hydrogen-bond acceptors (Lipinski definition) is 6. The van der Waals surface area contributed by atoms with Gasteiger partial charge in [0.25, 0.3) is 0 Å². The average molecular weight is 480 g/mol. The van der Waals surface area contributed by atoms with E-state index in [1.54, 1.807) is 23.1 Å². The third-order valence-electron chi connectivity index (χ3n) is 6.28. The molecule has 3 aromatic rings. The molecular weight excluding hydrogens is 453 g/mol. The van der Waals surface area contributed by atoms with Crippen LogP contribution < -0.4 is 21.7 Å². The fourth-order valence-electron chi connectivity index (χ4n) is 4.45. The van der Waals surface area contributed by atoms with Gasteiger partial charge in [-0.25, -0.2) is 9.38 Å². The van der Waals surface area contributed by atoms with Crippen LogP contribution in [-0.4, -0.2) is 28.7 Å². The maximum atomic E-state index is 14.1. The number of aliphatic imine (C=N–C) groups is 1. The van der Waals surface area contributed by atoms with Crippen molar-refractivity contribution in [3.05, 3.63) is 88.6 Å². The molecular formula is C25H27ClFN7. The largest absolute Gasteiger partial charge is 0.351 e. The molecule has 0 amide bonds. The monoisotopic (exact) mass is 479 g/mol. The second-order valence-electron chi connectivity index (χ2n) is 8.76. The number of anilines is 1. The van der Waals surface area contributed by atoms with E-state index in [0.29, 0.717) is 17.3 Å². The predicted molar refractivity (Wildman–Crippen MR) is 134 cm³/mol. The van der Waals surface area contributed by atoms with Crippen LogP contribution in [0.3, 0.4) is 0 Å². The molecule has 2 aromatic carbocycles. The highest BCUT2D eigenvalue weighted by Crippen LogP contribution is 2.30. The Bertz CT molecular complexity index is 1220. The predicted octanol–water partition coefficient (Wildman–Crippen LogP) is 3.90. The van der Waals surface area contributed by atoms with Crippen molar-refractivity contribution < 1.29 is 4.39 Å². The number of aryl methyl sites for hydroxylation is 1. The van der Waals surface area contributed by atoms with Gasteiger partial charge < -0.3 is 16.0 Å². The highest BCUT2D eigenvalue weighted by Gasteiger charge is 2.32. The van der Waals surface area contributed by atoms with Crippen LogP contribution in [0.4, 0.5) is 10.1 Å². The number of piperidine rings is 1. The first-order valence-corrected chi connectivity index (χ1v) is 11.7. The smallest absolute Gasteiger partial charge is 0.211 e. The van der Waals surface area contributed by atoms with E-state index in [-0.39, 0.29) is 5.02 Å². The molecule has 1 saturated heterocycles. The minimum atomic E-state index is -1.39. The van der Waals surface area contributed by atoms with E-state index in [1.165, 1.54) is 17.7 Å². The van der Waals surface area contributed by atoms with E-state index in [2.05, 4.69) is 45.3 Å². The number of rotatable bonds is 4. The maximum Gasteiger partial charge on any atom is 0.211 e. The molecule has 5 N–H and O–H groups in total. The molecule has 3 heterocycles. The third-order valence-corrected chi connectivity index (χ3v) is 6.50. The summed E-state index contributed by atoms with van der Waals surface area (Å²) in [6, 6.07) is 12.6. The second-order valence-corrected chi connectivity index (χ2v) is 9.20. The van der Waals surface area contributed by atoms with Crippen LogP contribution in [-0.2, 0) is 12.8 Å². The zero-order chi connectivity index (χ0) is 23.7. The molecule has 0 spiro atoms. The topological polar surface area (TPSA) is 92.3 Å². The SMILES string of the molecule is Cn1cc(C2=CNC(N)(c3cc(F)cc(Cl)c3)N=C2Nc2ccc(C3CCNCC3)cc2)cn1. The lowest BCUT2D eigenvalue weighted by Crippen LogP contribution is -2.50. The van der Waals surface area contributed by atoms with Crippen molar-refractivity contribution in [2.24, 2.45) is 17.8 Å². The molecule has 34 heavy (non-hydrogen) atoms. The molecule has 5 rings (SSSR count).